The van der Waals surface area contributed by atoms with Crippen LogP contribution in [0.15, 0.2) is 80.4 Å². The van der Waals surface area contributed by atoms with Crippen molar-refractivity contribution in [1.82, 2.24) is 9.13 Å². The van der Waals surface area contributed by atoms with Gasteiger partial charge < -0.3 is 9.13 Å². The van der Waals surface area contributed by atoms with E-state index in [1.807, 2.05) is 45.3 Å². The Morgan fingerprint density at radius 1 is 0.500 bits per heavy atom. The molecule has 6 heterocycles. The number of benzene rings is 3. The number of rotatable bonds is 2. The molecule has 8 heteroatoms. The second-order valence-electron chi connectivity index (χ2n) is 10.3. The first-order valence-corrected chi connectivity index (χ1v) is 17.7. The summed E-state index contributed by atoms with van der Waals surface area (Å²) in [6, 6.07) is 27.3. The first-order valence-electron chi connectivity index (χ1n) is 12.8. The van der Waals surface area contributed by atoms with Gasteiger partial charge in [-0.25, -0.2) is 0 Å². The molecule has 0 atom stereocenters. The molecule has 0 spiro atoms. The molecule has 0 amide bonds. The highest BCUT2D eigenvalue weighted by Gasteiger charge is 2.24. The highest BCUT2D eigenvalue weighted by atomic mass is 79.9. The molecule has 0 unspecified atom stereocenters. The van der Waals surface area contributed by atoms with E-state index in [1.54, 1.807) is 0 Å². The molecular weight excluding hydrogens is 700 g/mol. The van der Waals surface area contributed by atoms with Crippen molar-refractivity contribution < 1.29 is 0 Å². The van der Waals surface area contributed by atoms with Crippen molar-refractivity contribution >= 4 is 138 Å². The second kappa shape index (κ2) is 8.53. The van der Waals surface area contributed by atoms with Crippen molar-refractivity contribution in [3.63, 3.8) is 0 Å². The van der Waals surface area contributed by atoms with Crippen LogP contribution in [0.4, 0.5) is 0 Å². The monoisotopic (exact) mass is 716 g/mol. The van der Waals surface area contributed by atoms with Gasteiger partial charge in [0.2, 0.25) is 0 Å². The molecule has 0 N–H and O–H groups in total. The first-order chi connectivity index (χ1) is 19.4. The maximum absolute atomic E-state index is 3.77. The summed E-state index contributed by atoms with van der Waals surface area (Å²) in [4.78, 5) is 0. The van der Waals surface area contributed by atoms with E-state index in [9.17, 15) is 0 Å². The van der Waals surface area contributed by atoms with Crippen molar-refractivity contribution in [3.8, 4) is 11.4 Å². The van der Waals surface area contributed by atoms with Crippen molar-refractivity contribution in [1.29, 1.82) is 0 Å². The lowest BCUT2D eigenvalue weighted by Gasteiger charge is -2.08. The van der Waals surface area contributed by atoms with Crippen LogP contribution >= 0.6 is 77.2 Å². The zero-order valence-corrected chi connectivity index (χ0v) is 27.6. The summed E-state index contributed by atoms with van der Waals surface area (Å²) in [6.07, 6.45) is 0. The number of hydrogen-bond acceptors (Lipinski definition) is 4. The molecular formula is C32H18Br2N2S4. The van der Waals surface area contributed by atoms with Crippen molar-refractivity contribution in [2.24, 2.45) is 0 Å². The fourth-order valence-corrected chi connectivity index (χ4v) is 11.8. The Hall–Kier alpha value is -2.46. The van der Waals surface area contributed by atoms with Crippen molar-refractivity contribution in [3.05, 3.63) is 91.5 Å². The van der Waals surface area contributed by atoms with Crippen molar-refractivity contribution in [2.75, 3.05) is 0 Å². The van der Waals surface area contributed by atoms with Gasteiger partial charge >= 0.3 is 0 Å². The van der Waals surface area contributed by atoms with Crippen LogP contribution in [0, 0.1) is 13.8 Å². The van der Waals surface area contributed by atoms with Gasteiger partial charge in [0.1, 0.15) is 0 Å². The zero-order valence-electron chi connectivity index (χ0n) is 21.2. The van der Waals surface area contributed by atoms with E-state index in [4.69, 9.17) is 0 Å². The highest BCUT2D eigenvalue weighted by Crippen LogP contribution is 2.51. The fraction of sp³-hybridized carbons (Fsp3) is 0.0625. The maximum Gasteiger partial charge on any atom is 0.0736 e. The van der Waals surface area contributed by atoms with Crippen LogP contribution < -0.4 is 0 Å². The Bertz CT molecular complexity index is 2290. The van der Waals surface area contributed by atoms with Crippen molar-refractivity contribution in [2.45, 2.75) is 13.8 Å². The largest absolute Gasteiger partial charge is 0.307 e. The van der Waals surface area contributed by atoms with E-state index >= 15 is 0 Å². The average molecular weight is 719 g/mol. The van der Waals surface area contributed by atoms with Gasteiger partial charge in [-0.1, -0.05) is 35.4 Å². The summed E-state index contributed by atoms with van der Waals surface area (Å²) in [5.74, 6) is 0. The molecule has 0 aliphatic carbocycles. The summed E-state index contributed by atoms with van der Waals surface area (Å²) in [7, 11) is 0. The SMILES string of the molecule is Cc1ccc(-n2c3cc(Br)sc3c3sc4cc5c(cc4c32)sc2c3sc(Br)cc3n(-c3ccc(C)cc3)c52)cc1. The molecule has 0 radical (unpaired) electrons. The fourth-order valence-electron chi connectivity index (χ4n) is 5.94. The summed E-state index contributed by atoms with van der Waals surface area (Å²) in [5.41, 5.74) is 10.2. The molecule has 6 aromatic heterocycles. The van der Waals surface area contributed by atoms with Crippen LogP contribution in [0.2, 0.25) is 0 Å². The Kier molecular flexibility index (Phi) is 5.16. The Labute approximate surface area is 262 Å². The van der Waals surface area contributed by atoms with E-state index in [0.29, 0.717) is 0 Å². The highest BCUT2D eigenvalue weighted by molar-refractivity contribution is 9.11. The maximum atomic E-state index is 3.77. The number of hydrogen-bond donors (Lipinski definition) is 0. The Morgan fingerprint density at radius 3 is 1.30 bits per heavy atom. The molecule has 0 aliphatic heterocycles. The normalized spacial score (nSPS) is 12.5. The third-order valence-electron chi connectivity index (χ3n) is 7.74. The predicted molar refractivity (Wildman–Crippen MR) is 187 cm³/mol. The molecule has 40 heavy (non-hydrogen) atoms. The quantitative estimate of drug-likeness (QED) is 0.168. The molecule has 9 rings (SSSR count). The number of aromatic nitrogens is 2. The third kappa shape index (κ3) is 3.29. The number of nitrogens with zero attached hydrogens (tertiary/aromatic N) is 2. The number of thiophene rings is 4. The zero-order chi connectivity index (χ0) is 26.9. The van der Waals surface area contributed by atoms with Gasteiger partial charge in [0, 0.05) is 31.5 Å². The summed E-state index contributed by atoms with van der Waals surface area (Å²) in [6.45, 7) is 4.30. The molecule has 3 aromatic carbocycles. The Morgan fingerprint density at radius 2 is 0.900 bits per heavy atom. The molecule has 194 valence electrons. The topological polar surface area (TPSA) is 9.86 Å². The van der Waals surface area contributed by atoms with E-state index in [1.165, 1.54) is 91.1 Å². The summed E-state index contributed by atoms with van der Waals surface area (Å²) in [5, 5.41) is 2.67. The van der Waals surface area contributed by atoms with Gasteiger partial charge in [-0.2, -0.15) is 0 Å². The minimum absolute atomic E-state index is 1.17. The summed E-state index contributed by atoms with van der Waals surface area (Å²) >= 11 is 15.0. The smallest absolute Gasteiger partial charge is 0.0736 e. The first kappa shape index (κ1) is 24.2. The van der Waals surface area contributed by atoms with Gasteiger partial charge in [-0.05, 0) is 94.2 Å². The van der Waals surface area contributed by atoms with Crippen LogP contribution in [0.25, 0.3) is 72.4 Å². The number of aryl methyl sites for hydroxylation is 2. The molecule has 2 nitrogen and oxygen atoms in total. The third-order valence-corrected chi connectivity index (χ3v) is 13.6. The lowest BCUT2D eigenvalue weighted by Crippen LogP contribution is -1.93. The predicted octanol–water partition coefficient (Wildman–Crippen LogP) is 12.6. The van der Waals surface area contributed by atoms with Gasteiger partial charge in [-0.15, -0.1) is 45.3 Å². The minimum Gasteiger partial charge on any atom is -0.307 e. The van der Waals surface area contributed by atoms with Crippen LogP contribution in [0.3, 0.4) is 0 Å². The molecule has 0 fully saturated rings. The number of fused-ring (bicyclic) bond motifs is 10. The van der Waals surface area contributed by atoms with Gasteiger partial charge in [0.25, 0.3) is 0 Å². The second-order valence-corrected chi connectivity index (χ2v) is 17.2. The molecule has 0 saturated heterocycles. The minimum atomic E-state index is 1.17. The van der Waals surface area contributed by atoms with Crippen LogP contribution in [0.1, 0.15) is 11.1 Å². The van der Waals surface area contributed by atoms with E-state index in [0.717, 1.165) is 0 Å². The lowest BCUT2D eigenvalue weighted by molar-refractivity contribution is 1.18. The summed E-state index contributed by atoms with van der Waals surface area (Å²) < 4.78 is 15.4. The van der Waals surface area contributed by atoms with Gasteiger partial charge in [0.05, 0.1) is 48.4 Å². The molecule has 9 aromatic rings. The van der Waals surface area contributed by atoms with Crippen LogP contribution in [-0.2, 0) is 0 Å². The van der Waals surface area contributed by atoms with Crippen LogP contribution in [-0.4, -0.2) is 9.13 Å². The van der Waals surface area contributed by atoms with E-state index in [-0.39, 0.29) is 0 Å². The molecule has 0 bridgehead atoms. The van der Waals surface area contributed by atoms with Gasteiger partial charge in [-0.3, -0.25) is 0 Å². The van der Waals surface area contributed by atoms with E-state index < -0.39 is 0 Å². The number of halogens is 2. The average Bonchev–Trinajstić information content (AvgIpc) is 3.74. The standard InChI is InChI=1S/C32H18Br2N2S4/c1-15-3-7-17(8-4-15)35-21-13-25(33)39-29(21)31-27(35)19-11-24-20(12-23(19)37-31)28-32(38-24)30-22(14-26(34)40-30)36(28)18-9-5-16(2)6-10-18/h3-14H,1-2H3. The van der Waals surface area contributed by atoms with Crippen LogP contribution in [0.5, 0.6) is 0 Å². The lowest BCUT2D eigenvalue weighted by atomic mass is 10.1. The Balaban J connectivity index is 1.41. The van der Waals surface area contributed by atoms with E-state index in [2.05, 4.69) is 128 Å². The molecule has 0 aliphatic rings. The molecule has 0 saturated carbocycles. The van der Waals surface area contributed by atoms with Gasteiger partial charge in [0.15, 0.2) is 0 Å².